The summed E-state index contributed by atoms with van der Waals surface area (Å²) in [6.45, 7) is 5.30. The zero-order valence-electron chi connectivity index (χ0n) is 12.0. The Labute approximate surface area is 122 Å². The maximum Gasteiger partial charge on any atom is 0.371 e. The van der Waals surface area contributed by atoms with Gasteiger partial charge < -0.3 is 19.2 Å². The summed E-state index contributed by atoms with van der Waals surface area (Å²) in [7, 11) is 0. The first-order valence-electron chi connectivity index (χ1n) is 6.87. The van der Waals surface area contributed by atoms with Crippen LogP contribution in [0.1, 0.15) is 28.8 Å². The number of anilines is 1. The summed E-state index contributed by atoms with van der Waals surface area (Å²) in [5, 5.41) is 8.91. The van der Waals surface area contributed by atoms with Crippen molar-refractivity contribution in [2.45, 2.75) is 26.5 Å². The number of benzene rings is 1. The highest BCUT2D eigenvalue weighted by Gasteiger charge is 2.24. The van der Waals surface area contributed by atoms with Gasteiger partial charge in [0.25, 0.3) is 0 Å². The Kier molecular flexibility index (Phi) is 3.33. The van der Waals surface area contributed by atoms with E-state index in [1.165, 1.54) is 6.07 Å². The molecule has 0 radical (unpaired) electrons. The number of ether oxygens (including phenoxy) is 1. The second-order valence-electron chi connectivity index (χ2n) is 5.35. The number of hydrogen-bond donors (Lipinski definition) is 1. The predicted molar refractivity (Wildman–Crippen MR) is 78.0 cm³/mol. The van der Waals surface area contributed by atoms with Crippen LogP contribution < -0.4 is 9.64 Å². The van der Waals surface area contributed by atoms with Crippen LogP contribution in [0.5, 0.6) is 5.75 Å². The Hall–Kier alpha value is -2.43. The molecule has 1 aromatic carbocycles. The minimum absolute atomic E-state index is 0.0320. The number of aryl methyl sites for hydroxylation is 1. The molecule has 5 nitrogen and oxygen atoms in total. The summed E-state index contributed by atoms with van der Waals surface area (Å²) in [6, 6.07) is 9.27. The summed E-state index contributed by atoms with van der Waals surface area (Å²) in [5.41, 5.74) is 2.15. The molecule has 0 saturated carbocycles. The summed E-state index contributed by atoms with van der Waals surface area (Å²) < 4.78 is 11.2. The number of carboxylic acids is 1. The fraction of sp³-hybridized carbons (Fsp3) is 0.312. The van der Waals surface area contributed by atoms with Gasteiger partial charge in [-0.2, -0.15) is 0 Å². The van der Waals surface area contributed by atoms with E-state index in [9.17, 15) is 4.79 Å². The first kappa shape index (κ1) is 13.5. The molecule has 0 spiro atoms. The number of aromatic carboxylic acids is 1. The van der Waals surface area contributed by atoms with E-state index in [1.54, 1.807) is 6.07 Å². The third-order valence-electron chi connectivity index (χ3n) is 3.48. The predicted octanol–water partition coefficient (Wildman–Crippen LogP) is 3.07. The van der Waals surface area contributed by atoms with Crippen LogP contribution in [-0.2, 0) is 6.54 Å². The third-order valence-corrected chi connectivity index (χ3v) is 3.48. The van der Waals surface area contributed by atoms with Crippen molar-refractivity contribution in [2.75, 3.05) is 11.4 Å². The SMILES string of the molecule is Cc1ccc2c(c1)OC(C)CN2Cc1ccc(C(=O)O)o1. The molecule has 110 valence electrons. The lowest BCUT2D eigenvalue weighted by molar-refractivity contribution is 0.0660. The number of nitrogens with zero attached hydrogens (tertiary/aromatic N) is 1. The highest BCUT2D eigenvalue weighted by Crippen LogP contribution is 2.35. The van der Waals surface area contributed by atoms with E-state index in [2.05, 4.69) is 4.90 Å². The molecule has 5 heteroatoms. The highest BCUT2D eigenvalue weighted by molar-refractivity contribution is 5.84. The fourth-order valence-corrected chi connectivity index (χ4v) is 2.56. The maximum absolute atomic E-state index is 10.9. The van der Waals surface area contributed by atoms with Gasteiger partial charge in [0.1, 0.15) is 17.6 Å². The van der Waals surface area contributed by atoms with Crippen molar-refractivity contribution >= 4 is 11.7 Å². The first-order valence-corrected chi connectivity index (χ1v) is 6.87. The lowest BCUT2D eigenvalue weighted by Gasteiger charge is -2.34. The van der Waals surface area contributed by atoms with Gasteiger partial charge in [0.05, 0.1) is 18.8 Å². The molecule has 0 amide bonds. The number of furan rings is 1. The molecule has 1 unspecified atom stereocenters. The van der Waals surface area contributed by atoms with E-state index in [0.717, 1.165) is 23.5 Å². The van der Waals surface area contributed by atoms with Gasteiger partial charge in [-0.3, -0.25) is 0 Å². The van der Waals surface area contributed by atoms with Crippen molar-refractivity contribution in [3.63, 3.8) is 0 Å². The largest absolute Gasteiger partial charge is 0.487 e. The number of hydrogen-bond acceptors (Lipinski definition) is 4. The summed E-state index contributed by atoms with van der Waals surface area (Å²) in [4.78, 5) is 13.0. The van der Waals surface area contributed by atoms with Gasteiger partial charge in [0.2, 0.25) is 5.76 Å². The highest BCUT2D eigenvalue weighted by atomic mass is 16.5. The molecule has 0 bridgehead atoms. The van der Waals surface area contributed by atoms with Gasteiger partial charge in [-0.25, -0.2) is 4.79 Å². The van der Waals surface area contributed by atoms with Gasteiger partial charge >= 0.3 is 5.97 Å². The number of rotatable bonds is 3. The topological polar surface area (TPSA) is 62.9 Å². The van der Waals surface area contributed by atoms with Gasteiger partial charge in [-0.15, -0.1) is 0 Å². The Bertz CT molecular complexity index is 677. The summed E-state index contributed by atoms with van der Waals surface area (Å²) in [6.07, 6.45) is 0.0770. The Morgan fingerprint density at radius 2 is 2.19 bits per heavy atom. The number of carboxylic acid groups (broad SMARTS) is 1. The van der Waals surface area contributed by atoms with E-state index in [0.29, 0.717) is 12.3 Å². The zero-order chi connectivity index (χ0) is 15.0. The molecule has 0 saturated heterocycles. The van der Waals surface area contributed by atoms with Crippen molar-refractivity contribution in [3.05, 3.63) is 47.4 Å². The number of carbonyl (C=O) groups is 1. The lowest BCUT2D eigenvalue weighted by Crippen LogP contribution is -2.37. The minimum atomic E-state index is -1.05. The van der Waals surface area contributed by atoms with Crippen LogP contribution in [0.2, 0.25) is 0 Å². The quantitative estimate of drug-likeness (QED) is 0.940. The smallest absolute Gasteiger partial charge is 0.371 e. The monoisotopic (exact) mass is 287 g/mol. The molecule has 2 heterocycles. The van der Waals surface area contributed by atoms with Crippen LogP contribution in [0.3, 0.4) is 0 Å². The average Bonchev–Trinajstić information content (AvgIpc) is 2.86. The standard InChI is InChI=1S/C16H17NO4/c1-10-3-5-13-15(7-10)20-11(2)8-17(13)9-12-4-6-14(21-12)16(18)19/h3-7,11H,8-9H2,1-2H3,(H,18,19). The number of fused-ring (bicyclic) bond motifs is 1. The first-order chi connectivity index (χ1) is 10.0. The van der Waals surface area contributed by atoms with Crippen molar-refractivity contribution in [1.82, 2.24) is 0 Å². The molecular formula is C16H17NO4. The van der Waals surface area contributed by atoms with E-state index in [-0.39, 0.29) is 11.9 Å². The molecule has 0 fully saturated rings. The fourth-order valence-electron chi connectivity index (χ4n) is 2.56. The Morgan fingerprint density at radius 1 is 1.38 bits per heavy atom. The molecule has 1 atom stereocenters. The second kappa shape index (κ2) is 5.16. The van der Waals surface area contributed by atoms with E-state index < -0.39 is 5.97 Å². The van der Waals surface area contributed by atoms with Crippen LogP contribution in [0.25, 0.3) is 0 Å². The Balaban J connectivity index is 1.87. The molecule has 1 aromatic heterocycles. The Morgan fingerprint density at radius 3 is 2.90 bits per heavy atom. The molecule has 3 rings (SSSR count). The molecule has 0 aliphatic carbocycles. The van der Waals surface area contributed by atoms with Crippen LogP contribution in [0.4, 0.5) is 5.69 Å². The lowest BCUT2D eigenvalue weighted by atomic mass is 10.1. The normalized spacial score (nSPS) is 17.2. The van der Waals surface area contributed by atoms with E-state index >= 15 is 0 Å². The van der Waals surface area contributed by atoms with Gasteiger partial charge in [-0.1, -0.05) is 6.07 Å². The van der Waals surface area contributed by atoms with Crippen LogP contribution in [0, 0.1) is 6.92 Å². The van der Waals surface area contributed by atoms with Crippen LogP contribution in [-0.4, -0.2) is 23.7 Å². The van der Waals surface area contributed by atoms with Crippen molar-refractivity contribution < 1.29 is 19.1 Å². The molecule has 21 heavy (non-hydrogen) atoms. The van der Waals surface area contributed by atoms with Crippen LogP contribution >= 0.6 is 0 Å². The van der Waals surface area contributed by atoms with Crippen molar-refractivity contribution in [3.8, 4) is 5.75 Å². The average molecular weight is 287 g/mol. The van der Waals surface area contributed by atoms with E-state index in [1.807, 2.05) is 32.0 Å². The minimum Gasteiger partial charge on any atom is -0.487 e. The van der Waals surface area contributed by atoms with Gasteiger partial charge in [-0.05, 0) is 43.7 Å². The summed E-state index contributed by atoms with van der Waals surface area (Å²) in [5.74, 6) is 0.412. The third kappa shape index (κ3) is 2.72. The molecule has 2 aromatic rings. The molecular weight excluding hydrogens is 270 g/mol. The maximum atomic E-state index is 10.9. The second-order valence-corrected chi connectivity index (χ2v) is 5.35. The van der Waals surface area contributed by atoms with Crippen molar-refractivity contribution in [1.29, 1.82) is 0 Å². The molecule has 1 aliphatic heterocycles. The van der Waals surface area contributed by atoms with Gasteiger partial charge in [0, 0.05) is 0 Å². The van der Waals surface area contributed by atoms with Crippen LogP contribution in [0.15, 0.2) is 34.7 Å². The molecule has 1 N–H and O–H groups in total. The van der Waals surface area contributed by atoms with Gasteiger partial charge in [0.15, 0.2) is 0 Å². The molecule has 1 aliphatic rings. The summed E-state index contributed by atoms with van der Waals surface area (Å²) >= 11 is 0. The van der Waals surface area contributed by atoms with E-state index in [4.69, 9.17) is 14.3 Å². The van der Waals surface area contributed by atoms with Crippen molar-refractivity contribution in [2.24, 2.45) is 0 Å². The zero-order valence-corrected chi connectivity index (χ0v) is 12.0.